The third-order valence-corrected chi connectivity index (χ3v) is 4.94. The van der Waals surface area contributed by atoms with E-state index in [4.69, 9.17) is 0 Å². The van der Waals surface area contributed by atoms with Crippen molar-refractivity contribution in [2.45, 2.75) is 69.0 Å². The molecule has 0 aromatic carbocycles. The molecule has 108 valence electrons. The summed E-state index contributed by atoms with van der Waals surface area (Å²) in [5.41, 5.74) is 0. The Morgan fingerprint density at radius 2 is 1.74 bits per heavy atom. The van der Waals surface area contributed by atoms with Crippen molar-refractivity contribution in [3.63, 3.8) is 0 Å². The first kappa shape index (κ1) is 15.3. The Kier molecular flexibility index (Phi) is 7.20. The van der Waals surface area contributed by atoms with Crippen molar-refractivity contribution in [2.75, 3.05) is 11.1 Å². The van der Waals surface area contributed by atoms with Gasteiger partial charge >= 0.3 is 0 Å². The first-order valence-electron chi connectivity index (χ1n) is 7.38. The highest BCUT2D eigenvalue weighted by Crippen LogP contribution is 2.36. The molecule has 1 saturated carbocycles. The van der Waals surface area contributed by atoms with Crippen molar-refractivity contribution < 1.29 is 0 Å². The minimum Gasteiger partial charge on any atom is -0.217 e. The van der Waals surface area contributed by atoms with E-state index in [1.54, 1.807) is 0 Å². The van der Waals surface area contributed by atoms with Gasteiger partial charge in [-0.05, 0) is 36.1 Å². The first-order valence-corrected chi connectivity index (χ1v) is 9.49. The number of hydrogen-bond acceptors (Lipinski definition) is 4. The smallest absolute Gasteiger partial charge is 0.209 e. The van der Waals surface area contributed by atoms with Crippen LogP contribution in [0.25, 0.3) is 0 Å². The molecule has 1 aliphatic rings. The predicted molar refractivity (Wildman–Crippen MR) is 82.9 cm³/mol. The van der Waals surface area contributed by atoms with Gasteiger partial charge in [-0.15, -0.1) is 5.10 Å². The largest absolute Gasteiger partial charge is 0.217 e. The summed E-state index contributed by atoms with van der Waals surface area (Å²) in [4.78, 5) is 0. The summed E-state index contributed by atoms with van der Waals surface area (Å²) in [6.07, 6.45) is 11.9. The van der Waals surface area contributed by atoms with Crippen molar-refractivity contribution in [1.82, 2.24) is 20.2 Å². The third kappa shape index (κ3) is 5.81. The lowest BCUT2D eigenvalue weighted by molar-refractivity contribution is 0.565. The van der Waals surface area contributed by atoms with E-state index >= 15 is 0 Å². The van der Waals surface area contributed by atoms with Crippen LogP contribution < -0.4 is 0 Å². The van der Waals surface area contributed by atoms with E-state index in [9.17, 15) is 0 Å². The lowest BCUT2D eigenvalue weighted by Crippen LogP contribution is -1.99. The van der Waals surface area contributed by atoms with Gasteiger partial charge in [0.2, 0.25) is 5.16 Å². The number of nitrogens with zero attached hydrogens (tertiary/aromatic N) is 4. The molecule has 1 fully saturated rings. The molecular formula is C13H23BrN4S. The molecule has 0 amide bonds. The Hall–Kier alpha value is -0.100. The summed E-state index contributed by atoms with van der Waals surface area (Å²) < 4.78 is 2.00. The van der Waals surface area contributed by atoms with Crippen molar-refractivity contribution in [1.29, 1.82) is 0 Å². The van der Waals surface area contributed by atoms with Gasteiger partial charge in [-0.2, -0.15) is 0 Å². The fourth-order valence-corrected chi connectivity index (χ4v) is 3.41. The van der Waals surface area contributed by atoms with Gasteiger partial charge in [-0.3, -0.25) is 0 Å². The Balaban J connectivity index is 1.46. The van der Waals surface area contributed by atoms with Gasteiger partial charge in [0.05, 0.1) is 6.04 Å². The van der Waals surface area contributed by atoms with Crippen LogP contribution in [0.3, 0.4) is 0 Å². The number of tetrazole rings is 1. The lowest BCUT2D eigenvalue weighted by Gasteiger charge is -2.02. The molecule has 1 aliphatic carbocycles. The van der Waals surface area contributed by atoms with Crippen LogP contribution in [0.15, 0.2) is 5.16 Å². The minimum atomic E-state index is 0.590. The van der Waals surface area contributed by atoms with E-state index < -0.39 is 0 Å². The van der Waals surface area contributed by atoms with Gasteiger partial charge in [-0.25, -0.2) is 4.68 Å². The SMILES string of the molecule is BrCCCCCCCCCSc1nnnn1C1CC1. The number of hydrogen-bond donors (Lipinski definition) is 0. The van der Waals surface area contributed by atoms with E-state index in [2.05, 4.69) is 31.5 Å². The van der Waals surface area contributed by atoms with Crippen LogP contribution in [0.2, 0.25) is 0 Å². The van der Waals surface area contributed by atoms with Crippen LogP contribution in [0.5, 0.6) is 0 Å². The zero-order valence-electron chi connectivity index (χ0n) is 11.4. The molecule has 6 heteroatoms. The van der Waals surface area contributed by atoms with Gasteiger partial charge in [0.25, 0.3) is 0 Å². The molecule has 0 saturated heterocycles. The van der Waals surface area contributed by atoms with E-state index in [0.29, 0.717) is 6.04 Å². The molecule has 1 aromatic rings. The van der Waals surface area contributed by atoms with Crippen molar-refractivity contribution >= 4 is 27.7 Å². The average Bonchev–Trinajstić information content (AvgIpc) is 3.16. The van der Waals surface area contributed by atoms with Gasteiger partial charge < -0.3 is 0 Å². The van der Waals surface area contributed by atoms with E-state index in [1.807, 2.05) is 16.4 Å². The van der Waals surface area contributed by atoms with Crippen molar-refractivity contribution in [3.8, 4) is 0 Å². The maximum Gasteiger partial charge on any atom is 0.209 e. The highest BCUT2D eigenvalue weighted by atomic mass is 79.9. The van der Waals surface area contributed by atoms with Crippen LogP contribution in [-0.4, -0.2) is 31.3 Å². The normalized spacial score (nSPS) is 15.0. The van der Waals surface area contributed by atoms with Gasteiger partial charge in [-0.1, -0.05) is 59.8 Å². The predicted octanol–water partition coefficient (Wildman–Crippen LogP) is 4.23. The molecule has 0 aliphatic heterocycles. The second-order valence-corrected chi connectivity index (χ2v) is 7.00. The van der Waals surface area contributed by atoms with Crippen molar-refractivity contribution in [2.24, 2.45) is 0 Å². The molecule has 0 unspecified atom stereocenters. The molecule has 1 aromatic heterocycles. The molecule has 0 bridgehead atoms. The second kappa shape index (κ2) is 8.95. The topological polar surface area (TPSA) is 43.6 Å². The molecule has 0 spiro atoms. The van der Waals surface area contributed by atoms with Crippen molar-refractivity contribution in [3.05, 3.63) is 0 Å². The summed E-state index contributed by atoms with van der Waals surface area (Å²) in [6, 6.07) is 0.590. The Bertz CT molecular complexity index is 354. The van der Waals surface area contributed by atoms with Crippen LogP contribution in [-0.2, 0) is 0 Å². The highest BCUT2D eigenvalue weighted by Gasteiger charge is 2.27. The van der Waals surface area contributed by atoms with Crippen LogP contribution in [0.1, 0.15) is 63.8 Å². The molecule has 2 rings (SSSR count). The van der Waals surface area contributed by atoms with Gasteiger partial charge in [0.1, 0.15) is 0 Å². The van der Waals surface area contributed by atoms with Gasteiger partial charge in [0.15, 0.2) is 0 Å². The number of unbranched alkanes of at least 4 members (excludes halogenated alkanes) is 6. The number of alkyl halides is 1. The maximum absolute atomic E-state index is 4.11. The minimum absolute atomic E-state index is 0.590. The monoisotopic (exact) mass is 346 g/mol. The quantitative estimate of drug-likeness (QED) is 0.341. The molecule has 4 nitrogen and oxygen atoms in total. The summed E-state index contributed by atoms with van der Waals surface area (Å²) in [5.74, 6) is 1.15. The summed E-state index contributed by atoms with van der Waals surface area (Å²) in [5, 5.41) is 14.1. The van der Waals surface area contributed by atoms with E-state index in [1.165, 1.54) is 57.8 Å². The molecule has 19 heavy (non-hydrogen) atoms. The van der Waals surface area contributed by atoms with E-state index in [0.717, 1.165) is 16.2 Å². The summed E-state index contributed by atoms with van der Waals surface area (Å²) in [6.45, 7) is 0. The average molecular weight is 347 g/mol. The molecule has 0 atom stereocenters. The Labute approximate surface area is 128 Å². The van der Waals surface area contributed by atoms with Crippen LogP contribution >= 0.6 is 27.7 Å². The van der Waals surface area contributed by atoms with Crippen LogP contribution in [0.4, 0.5) is 0 Å². The molecule has 0 N–H and O–H groups in total. The maximum atomic E-state index is 4.11. The Morgan fingerprint density at radius 1 is 1.05 bits per heavy atom. The van der Waals surface area contributed by atoms with Gasteiger partial charge in [0, 0.05) is 11.1 Å². The first-order chi connectivity index (χ1) is 9.42. The molecule has 1 heterocycles. The van der Waals surface area contributed by atoms with E-state index in [-0.39, 0.29) is 0 Å². The zero-order chi connectivity index (χ0) is 13.3. The summed E-state index contributed by atoms with van der Waals surface area (Å²) >= 11 is 5.29. The Morgan fingerprint density at radius 3 is 2.42 bits per heavy atom. The second-order valence-electron chi connectivity index (χ2n) is 5.15. The summed E-state index contributed by atoms with van der Waals surface area (Å²) in [7, 11) is 0. The standard InChI is InChI=1S/C13H23BrN4S/c14-10-6-4-2-1-3-5-7-11-19-13-15-16-17-18(13)12-8-9-12/h12H,1-11H2. The zero-order valence-corrected chi connectivity index (χ0v) is 13.8. The number of halogens is 1. The third-order valence-electron chi connectivity index (χ3n) is 3.36. The number of rotatable bonds is 11. The fourth-order valence-electron chi connectivity index (χ4n) is 2.07. The molecular weight excluding hydrogens is 324 g/mol. The fraction of sp³-hybridized carbons (Fsp3) is 0.923. The highest BCUT2D eigenvalue weighted by molar-refractivity contribution is 9.09. The lowest BCUT2D eigenvalue weighted by atomic mass is 10.1. The van der Waals surface area contributed by atoms with Crippen LogP contribution in [0, 0.1) is 0 Å². The molecule has 0 radical (unpaired) electrons. The number of thioether (sulfide) groups is 1. The number of aromatic nitrogens is 4.